The highest BCUT2D eigenvalue weighted by atomic mass is 35.5. The lowest BCUT2D eigenvalue weighted by molar-refractivity contribution is -0.119. The van der Waals surface area contributed by atoms with E-state index in [9.17, 15) is 4.79 Å². The van der Waals surface area contributed by atoms with Crippen molar-refractivity contribution in [2.45, 2.75) is 20.4 Å². The third-order valence-corrected chi connectivity index (χ3v) is 3.00. The number of hydrogen-bond donors (Lipinski definition) is 2. The lowest BCUT2D eigenvalue weighted by Crippen LogP contribution is -2.37. The van der Waals surface area contributed by atoms with Crippen LogP contribution in [-0.2, 0) is 11.3 Å². The van der Waals surface area contributed by atoms with E-state index < -0.39 is 0 Å². The molecule has 0 radical (unpaired) electrons. The van der Waals surface area contributed by atoms with Crippen molar-refractivity contribution in [1.29, 1.82) is 0 Å². The first-order valence-corrected chi connectivity index (χ1v) is 6.78. The number of carbonyl (C=O) groups is 1. The van der Waals surface area contributed by atoms with Crippen LogP contribution in [0.1, 0.15) is 19.4 Å². The van der Waals surface area contributed by atoms with Crippen molar-refractivity contribution in [2.24, 2.45) is 11.7 Å². The van der Waals surface area contributed by atoms with E-state index in [1.54, 1.807) is 6.07 Å². The predicted molar refractivity (Wildman–Crippen MR) is 80.5 cm³/mol. The molecule has 0 aliphatic rings. The second-order valence-electron chi connectivity index (χ2n) is 5.03. The van der Waals surface area contributed by atoms with E-state index in [-0.39, 0.29) is 5.91 Å². The molecule has 5 heteroatoms. The molecule has 3 N–H and O–H groups in total. The van der Waals surface area contributed by atoms with Crippen LogP contribution in [0.5, 0.6) is 0 Å². The van der Waals surface area contributed by atoms with Crippen LogP contribution in [0, 0.1) is 5.92 Å². The number of benzene rings is 1. The van der Waals surface area contributed by atoms with E-state index in [0.29, 0.717) is 30.6 Å². The first-order valence-electron chi connectivity index (χ1n) is 6.40. The van der Waals surface area contributed by atoms with E-state index in [1.165, 1.54) is 0 Å². The van der Waals surface area contributed by atoms with Crippen molar-refractivity contribution in [2.75, 3.05) is 25.0 Å². The zero-order valence-electron chi connectivity index (χ0n) is 11.7. The van der Waals surface area contributed by atoms with Gasteiger partial charge in [0.25, 0.3) is 0 Å². The summed E-state index contributed by atoms with van der Waals surface area (Å²) < 4.78 is 0. The summed E-state index contributed by atoms with van der Waals surface area (Å²) in [6, 6.07) is 5.53. The number of nitrogens with one attached hydrogen (secondary N) is 1. The van der Waals surface area contributed by atoms with E-state index in [0.717, 1.165) is 11.3 Å². The Labute approximate surface area is 119 Å². The van der Waals surface area contributed by atoms with Crippen molar-refractivity contribution >= 4 is 23.2 Å². The first-order chi connectivity index (χ1) is 8.93. The minimum absolute atomic E-state index is 0.00845. The lowest BCUT2D eigenvalue weighted by atomic mass is 10.1. The maximum absolute atomic E-state index is 11.8. The van der Waals surface area contributed by atoms with Gasteiger partial charge in [-0.3, -0.25) is 4.79 Å². The zero-order chi connectivity index (χ0) is 14.4. The summed E-state index contributed by atoms with van der Waals surface area (Å²) in [4.78, 5) is 13.7. The Morgan fingerprint density at radius 2 is 2.16 bits per heavy atom. The van der Waals surface area contributed by atoms with Crippen LogP contribution in [0.4, 0.5) is 5.69 Å². The summed E-state index contributed by atoms with van der Waals surface area (Å²) in [5.74, 6) is 0.457. The smallest absolute Gasteiger partial charge is 0.239 e. The Kier molecular flexibility index (Phi) is 6.12. The molecule has 19 heavy (non-hydrogen) atoms. The molecule has 0 aromatic heterocycles. The average Bonchev–Trinajstić information content (AvgIpc) is 2.35. The number of nitrogens with two attached hydrogens (primary N) is 1. The number of hydrogen-bond acceptors (Lipinski definition) is 3. The quantitative estimate of drug-likeness (QED) is 0.840. The summed E-state index contributed by atoms with van der Waals surface area (Å²) in [6.45, 7) is 5.53. The Morgan fingerprint density at radius 3 is 2.74 bits per heavy atom. The molecule has 0 atom stereocenters. The number of amides is 1. The van der Waals surface area contributed by atoms with Gasteiger partial charge in [-0.2, -0.15) is 0 Å². The zero-order valence-corrected chi connectivity index (χ0v) is 12.5. The van der Waals surface area contributed by atoms with Crippen molar-refractivity contribution in [3.05, 3.63) is 28.8 Å². The summed E-state index contributed by atoms with van der Waals surface area (Å²) in [5, 5.41) is 3.55. The van der Waals surface area contributed by atoms with Gasteiger partial charge in [0.15, 0.2) is 0 Å². The van der Waals surface area contributed by atoms with Crippen LogP contribution in [-0.4, -0.2) is 26.0 Å². The van der Waals surface area contributed by atoms with Gasteiger partial charge >= 0.3 is 0 Å². The highest BCUT2D eigenvalue weighted by Crippen LogP contribution is 2.22. The van der Waals surface area contributed by atoms with Gasteiger partial charge in [0.1, 0.15) is 0 Å². The first kappa shape index (κ1) is 15.8. The van der Waals surface area contributed by atoms with Crippen molar-refractivity contribution in [3.63, 3.8) is 0 Å². The van der Waals surface area contributed by atoms with Crippen molar-refractivity contribution in [3.8, 4) is 0 Å². The summed E-state index contributed by atoms with van der Waals surface area (Å²) in [6.07, 6.45) is 0. The Bertz CT molecular complexity index is 435. The van der Waals surface area contributed by atoms with Crippen LogP contribution in [0.15, 0.2) is 18.2 Å². The van der Waals surface area contributed by atoms with Crippen molar-refractivity contribution < 1.29 is 4.79 Å². The highest BCUT2D eigenvalue weighted by molar-refractivity contribution is 6.30. The van der Waals surface area contributed by atoms with Gasteiger partial charge in [0.2, 0.25) is 5.91 Å². The normalized spacial score (nSPS) is 10.6. The molecule has 106 valence electrons. The number of nitrogens with zero attached hydrogens (tertiary/aromatic N) is 1. The summed E-state index contributed by atoms with van der Waals surface area (Å²) >= 11 is 5.94. The monoisotopic (exact) mass is 283 g/mol. The van der Waals surface area contributed by atoms with Crippen LogP contribution in [0.25, 0.3) is 0 Å². The molecule has 0 spiro atoms. The molecule has 0 saturated heterocycles. The SMILES string of the molecule is CC(C)CNC(=O)CN(C)c1ccc(Cl)cc1CN. The molecule has 0 saturated carbocycles. The van der Waals surface area contributed by atoms with Crippen LogP contribution >= 0.6 is 11.6 Å². The molecule has 4 nitrogen and oxygen atoms in total. The molecule has 1 aromatic rings. The molecule has 0 aliphatic heterocycles. The van der Waals surface area contributed by atoms with Gasteiger partial charge in [-0.25, -0.2) is 0 Å². The maximum Gasteiger partial charge on any atom is 0.239 e. The molecule has 1 amide bonds. The summed E-state index contributed by atoms with van der Waals surface area (Å²) in [5.41, 5.74) is 7.57. The molecular formula is C14H22ClN3O. The molecule has 0 unspecified atom stereocenters. The second-order valence-corrected chi connectivity index (χ2v) is 5.47. The Hall–Kier alpha value is -1.26. The predicted octanol–water partition coefficient (Wildman–Crippen LogP) is 2.01. The standard InChI is InChI=1S/C14H22ClN3O/c1-10(2)8-17-14(19)9-18(3)13-5-4-12(15)6-11(13)7-16/h4-6,10H,7-9,16H2,1-3H3,(H,17,19). The number of rotatable bonds is 6. The van der Waals surface area contributed by atoms with E-state index in [2.05, 4.69) is 19.2 Å². The van der Waals surface area contributed by atoms with E-state index >= 15 is 0 Å². The number of likely N-dealkylation sites (N-methyl/N-ethyl adjacent to an activating group) is 1. The van der Waals surface area contributed by atoms with Crippen LogP contribution < -0.4 is 16.0 Å². The molecule has 1 rings (SSSR count). The third kappa shape index (κ3) is 5.09. The van der Waals surface area contributed by atoms with Gasteiger partial charge in [-0.1, -0.05) is 25.4 Å². The van der Waals surface area contributed by atoms with Gasteiger partial charge in [-0.05, 0) is 29.7 Å². The molecule has 0 bridgehead atoms. The molecular weight excluding hydrogens is 262 g/mol. The van der Waals surface area contributed by atoms with Gasteiger partial charge in [0, 0.05) is 30.8 Å². The molecule has 0 aliphatic carbocycles. The topological polar surface area (TPSA) is 58.4 Å². The average molecular weight is 284 g/mol. The minimum atomic E-state index is 0.00845. The van der Waals surface area contributed by atoms with Crippen LogP contribution in [0.2, 0.25) is 5.02 Å². The van der Waals surface area contributed by atoms with Crippen LogP contribution in [0.3, 0.4) is 0 Å². The molecule has 1 aromatic carbocycles. The van der Waals surface area contributed by atoms with E-state index in [1.807, 2.05) is 24.1 Å². The Balaban J connectivity index is 2.67. The summed E-state index contributed by atoms with van der Waals surface area (Å²) in [7, 11) is 1.87. The van der Waals surface area contributed by atoms with Gasteiger partial charge < -0.3 is 16.0 Å². The number of halogens is 1. The largest absolute Gasteiger partial charge is 0.365 e. The highest BCUT2D eigenvalue weighted by Gasteiger charge is 2.11. The second kappa shape index (κ2) is 7.36. The Morgan fingerprint density at radius 1 is 1.47 bits per heavy atom. The maximum atomic E-state index is 11.8. The molecule has 0 fully saturated rings. The van der Waals surface area contributed by atoms with Crippen molar-refractivity contribution in [1.82, 2.24) is 5.32 Å². The number of carbonyl (C=O) groups excluding carboxylic acids is 1. The lowest BCUT2D eigenvalue weighted by Gasteiger charge is -2.22. The fourth-order valence-electron chi connectivity index (χ4n) is 1.76. The number of anilines is 1. The van der Waals surface area contributed by atoms with Gasteiger partial charge in [-0.15, -0.1) is 0 Å². The third-order valence-electron chi connectivity index (χ3n) is 2.76. The van der Waals surface area contributed by atoms with E-state index in [4.69, 9.17) is 17.3 Å². The fourth-order valence-corrected chi connectivity index (χ4v) is 1.96. The fraction of sp³-hybridized carbons (Fsp3) is 0.500. The van der Waals surface area contributed by atoms with Gasteiger partial charge in [0.05, 0.1) is 6.54 Å². The minimum Gasteiger partial charge on any atom is -0.365 e. The molecule has 0 heterocycles.